The molecule has 0 bridgehead atoms. The molecule has 0 radical (unpaired) electrons. The summed E-state index contributed by atoms with van der Waals surface area (Å²) in [7, 11) is 1.79. The van der Waals surface area contributed by atoms with Gasteiger partial charge in [0.1, 0.15) is 5.82 Å². The Labute approximate surface area is 150 Å². The van der Waals surface area contributed by atoms with Crippen molar-refractivity contribution in [1.82, 2.24) is 24.5 Å². The lowest BCUT2D eigenvalue weighted by molar-refractivity contribution is 0.108. The van der Waals surface area contributed by atoms with Crippen molar-refractivity contribution in [2.45, 2.75) is 18.6 Å². The van der Waals surface area contributed by atoms with Crippen molar-refractivity contribution in [3.8, 4) is 11.6 Å². The van der Waals surface area contributed by atoms with Gasteiger partial charge in [-0.1, -0.05) is 0 Å². The number of nitrogen functional groups attached to an aromatic ring is 1. The second kappa shape index (κ2) is 5.96. The minimum absolute atomic E-state index is 0.325. The van der Waals surface area contributed by atoms with Crippen molar-refractivity contribution in [1.29, 1.82) is 0 Å². The van der Waals surface area contributed by atoms with E-state index in [9.17, 15) is 0 Å². The monoisotopic (exact) mass is 355 g/mol. The first-order valence-electron chi connectivity index (χ1n) is 8.80. The van der Waals surface area contributed by atoms with Crippen LogP contribution in [0.15, 0.2) is 28.9 Å². The average molecular weight is 355 g/mol. The molecule has 136 valence electrons. The van der Waals surface area contributed by atoms with Crippen LogP contribution in [0, 0.1) is 0 Å². The number of hydrogen-bond acceptors (Lipinski definition) is 8. The van der Waals surface area contributed by atoms with Crippen LogP contribution in [0.3, 0.4) is 0 Å². The van der Waals surface area contributed by atoms with E-state index in [0.717, 1.165) is 38.4 Å². The Morgan fingerprint density at radius 2 is 2.19 bits per heavy atom. The third-order valence-corrected chi connectivity index (χ3v) is 5.31. The van der Waals surface area contributed by atoms with E-state index in [1.807, 2.05) is 18.2 Å². The summed E-state index contributed by atoms with van der Waals surface area (Å²) in [5.41, 5.74) is 6.81. The van der Waals surface area contributed by atoms with Crippen LogP contribution < -0.4 is 10.6 Å². The molecule has 2 fully saturated rings. The molecule has 2 aliphatic rings. The van der Waals surface area contributed by atoms with E-state index in [-0.39, 0.29) is 0 Å². The number of rotatable bonds is 3. The third-order valence-electron chi connectivity index (χ3n) is 5.31. The Morgan fingerprint density at radius 3 is 3.00 bits per heavy atom. The smallest absolute Gasteiger partial charge is 0.225 e. The number of ether oxygens (including phenoxy) is 1. The zero-order valence-corrected chi connectivity index (χ0v) is 14.6. The molecule has 0 aliphatic carbocycles. The Balaban J connectivity index is 1.44. The highest BCUT2D eigenvalue weighted by atomic mass is 16.5. The molecule has 26 heavy (non-hydrogen) atoms. The van der Waals surface area contributed by atoms with Crippen molar-refractivity contribution >= 4 is 17.4 Å². The van der Waals surface area contributed by atoms with Crippen LogP contribution in [0.2, 0.25) is 0 Å². The molecule has 2 N–H and O–H groups in total. The molecule has 0 unspecified atom stereocenters. The van der Waals surface area contributed by atoms with E-state index in [4.69, 9.17) is 14.9 Å². The summed E-state index contributed by atoms with van der Waals surface area (Å²) in [6.45, 7) is 3.85. The first kappa shape index (κ1) is 15.6. The summed E-state index contributed by atoms with van der Waals surface area (Å²) < 4.78 is 12.5. The SMILES string of the molecule is CO[C@@H]1C[C@H]2CN(c3cc4nc(-c5ccco5)nn4c(N)n3)CCN2C1. The largest absolute Gasteiger partial charge is 0.461 e. The summed E-state index contributed by atoms with van der Waals surface area (Å²) in [5, 5.41) is 4.40. The second-order valence-corrected chi connectivity index (χ2v) is 6.84. The van der Waals surface area contributed by atoms with Gasteiger partial charge in [-0.15, -0.1) is 5.10 Å². The molecular formula is C17H21N7O2. The number of nitrogens with two attached hydrogens (primary N) is 1. The van der Waals surface area contributed by atoms with Gasteiger partial charge in [0.15, 0.2) is 11.4 Å². The van der Waals surface area contributed by atoms with E-state index in [1.54, 1.807) is 17.9 Å². The quantitative estimate of drug-likeness (QED) is 0.739. The van der Waals surface area contributed by atoms with Crippen molar-refractivity contribution in [2.24, 2.45) is 0 Å². The first-order chi connectivity index (χ1) is 12.7. The number of piperazine rings is 1. The van der Waals surface area contributed by atoms with E-state index in [0.29, 0.717) is 35.3 Å². The maximum atomic E-state index is 6.14. The molecule has 2 saturated heterocycles. The summed E-state index contributed by atoms with van der Waals surface area (Å²) in [5.74, 6) is 2.28. The van der Waals surface area contributed by atoms with Crippen molar-refractivity contribution in [3.63, 3.8) is 0 Å². The van der Waals surface area contributed by atoms with Gasteiger partial charge in [0, 0.05) is 45.4 Å². The van der Waals surface area contributed by atoms with Crippen LogP contribution in [0.4, 0.5) is 11.8 Å². The lowest BCUT2D eigenvalue weighted by Crippen LogP contribution is -2.50. The van der Waals surface area contributed by atoms with Gasteiger partial charge in [-0.25, -0.2) is 4.98 Å². The zero-order valence-electron chi connectivity index (χ0n) is 14.6. The number of aromatic nitrogens is 4. The molecule has 3 aromatic heterocycles. The summed E-state index contributed by atoms with van der Waals surface area (Å²) in [4.78, 5) is 13.9. The maximum absolute atomic E-state index is 6.14. The van der Waals surface area contributed by atoms with Crippen LogP contribution >= 0.6 is 0 Å². The van der Waals surface area contributed by atoms with Crippen LogP contribution in [-0.4, -0.2) is 69.9 Å². The number of methoxy groups -OCH3 is 1. The number of hydrogen-bond donors (Lipinski definition) is 1. The van der Waals surface area contributed by atoms with Gasteiger partial charge in [-0.3, -0.25) is 4.90 Å². The predicted molar refractivity (Wildman–Crippen MR) is 95.9 cm³/mol. The molecule has 9 heteroatoms. The topological polar surface area (TPSA) is 97.9 Å². The average Bonchev–Trinajstić information content (AvgIpc) is 3.38. The molecule has 0 aromatic carbocycles. The van der Waals surface area contributed by atoms with Crippen LogP contribution in [0.5, 0.6) is 0 Å². The Bertz CT molecular complexity index is 923. The highest BCUT2D eigenvalue weighted by Gasteiger charge is 2.36. The molecule has 5 rings (SSSR count). The Morgan fingerprint density at radius 1 is 1.27 bits per heavy atom. The molecule has 3 aromatic rings. The summed E-state index contributed by atoms with van der Waals surface area (Å²) in [6.07, 6.45) is 2.98. The fourth-order valence-corrected chi connectivity index (χ4v) is 3.95. The number of anilines is 2. The van der Waals surface area contributed by atoms with Gasteiger partial charge in [0.05, 0.1) is 12.4 Å². The minimum Gasteiger partial charge on any atom is -0.461 e. The Hall–Kier alpha value is -2.65. The number of fused-ring (bicyclic) bond motifs is 2. The molecule has 0 spiro atoms. The highest BCUT2D eigenvalue weighted by molar-refractivity contribution is 5.59. The normalized spacial score (nSPS) is 23.7. The third kappa shape index (κ3) is 2.51. The lowest BCUT2D eigenvalue weighted by Gasteiger charge is -2.37. The fraction of sp³-hybridized carbons (Fsp3) is 0.471. The fourth-order valence-electron chi connectivity index (χ4n) is 3.95. The zero-order chi connectivity index (χ0) is 17.7. The molecule has 5 heterocycles. The van der Waals surface area contributed by atoms with E-state index in [2.05, 4.69) is 24.9 Å². The van der Waals surface area contributed by atoms with Gasteiger partial charge < -0.3 is 19.8 Å². The van der Waals surface area contributed by atoms with Gasteiger partial charge in [0.25, 0.3) is 0 Å². The molecule has 2 atom stereocenters. The first-order valence-corrected chi connectivity index (χ1v) is 8.80. The van der Waals surface area contributed by atoms with E-state index < -0.39 is 0 Å². The van der Waals surface area contributed by atoms with E-state index >= 15 is 0 Å². The molecular weight excluding hydrogens is 334 g/mol. The van der Waals surface area contributed by atoms with Crippen molar-refractivity contribution < 1.29 is 9.15 Å². The molecule has 2 aliphatic heterocycles. The van der Waals surface area contributed by atoms with Crippen LogP contribution in [0.25, 0.3) is 17.2 Å². The van der Waals surface area contributed by atoms with Gasteiger partial charge in [0.2, 0.25) is 11.8 Å². The summed E-state index contributed by atoms with van der Waals surface area (Å²) in [6, 6.07) is 6.06. The lowest BCUT2D eigenvalue weighted by atomic mass is 10.1. The minimum atomic E-state index is 0.325. The second-order valence-electron chi connectivity index (χ2n) is 6.84. The van der Waals surface area contributed by atoms with Gasteiger partial charge >= 0.3 is 0 Å². The maximum Gasteiger partial charge on any atom is 0.225 e. The van der Waals surface area contributed by atoms with Crippen LogP contribution in [0.1, 0.15) is 6.42 Å². The van der Waals surface area contributed by atoms with Gasteiger partial charge in [-0.05, 0) is 18.6 Å². The van der Waals surface area contributed by atoms with E-state index in [1.165, 1.54) is 0 Å². The Kier molecular flexibility index (Phi) is 3.57. The predicted octanol–water partition coefficient (Wildman–Crippen LogP) is 0.876. The van der Waals surface area contributed by atoms with Crippen LogP contribution in [-0.2, 0) is 4.74 Å². The standard InChI is InChI=1S/C17H21N7O2/c1-25-12-7-11-9-23(5-4-22(11)10-12)14-8-15-19-16(13-3-2-6-26-13)21-24(15)17(18)20-14/h2-3,6,8,11-12H,4-5,7,9-10H2,1H3,(H2,18,20)/t11-,12+/m0/s1. The molecule has 9 nitrogen and oxygen atoms in total. The summed E-state index contributed by atoms with van der Waals surface area (Å²) >= 11 is 0. The molecule has 0 amide bonds. The molecule has 0 saturated carbocycles. The number of furan rings is 1. The highest BCUT2D eigenvalue weighted by Crippen LogP contribution is 2.27. The van der Waals surface area contributed by atoms with Crippen molar-refractivity contribution in [2.75, 3.05) is 43.9 Å². The number of nitrogens with zero attached hydrogens (tertiary/aromatic N) is 6. The van der Waals surface area contributed by atoms with Gasteiger partial charge in [-0.2, -0.15) is 9.50 Å². The van der Waals surface area contributed by atoms with Crippen molar-refractivity contribution in [3.05, 3.63) is 24.5 Å².